The van der Waals surface area contributed by atoms with Crippen LogP contribution in [0, 0.1) is 18.3 Å². The van der Waals surface area contributed by atoms with Crippen LogP contribution in [0.2, 0.25) is 5.15 Å². The minimum absolute atomic E-state index is 0.0206. The Hall–Kier alpha value is -2.07. The third-order valence-electron chi connectivity index (χ3n) is 2.41. The average Bonchev–Trinajstić information content (AvgIpc) is 2.63. The average molecular weight is 287 g/mol. The van der Waals surface area contributed by atoms with Gasteiger partial charge in [0.15, 0.2) is 11.0 Å². The van der Waals surface area contributed by atoms with Gasteiger partial charge in [-0.1, -0.05) is 11.6 Å². The number of nitrogens with zero attached hydrogens (tertiary/aromatic N) is 4. The second kappa shape index (κ2) is 4.55. The molecule has 0 unspecified atom stereocenters. The fourth-order valence-corrected chi connectivity index (χ4v) is 1.76. The Bertz CT molecular complexity index is 652. The van der Waals surface area contributed by atoms with Crippen LogP contribution in [0.3, 0.4) is 0 Å². The van der Waals surface area contributed by atoms with Crippen molar-refractivity contribution in [3.8, 4) is 11.9 Å². The molecule has 8 heteroatoms. The predicted molar refractivity (Wildman–Crippen MR) is 60.8 cm³/mol. The normalized spacial score (nSPS) is 11.4. The van der Waals surface area contributed by atoms with Gasteiger partial charge in [-0.25, -0.2) is 9.67 Å². The molecule has 0 N–H and O–H groups in total. The molecule has 0 aromatic carbocycles. The molecule has 0 bridgehead atoms. The lowest BCUT2D eigenvalue weighted by molar-refractivity contribution is -0.137. The number of nitriles is 1. The molecule has 0 aliphatic heterocycles. The minimum Gasteiger partial charge on any atom is -0.236 e. The van der Waals surface area contributed by atoms with Crippen LogP contribution in [0.25, 0.3) is 5.82 Å². The van der Waals surface area contributed by atoms with Crippen molar-refractivity contribution in [3.05, 3.63) is 40.3 Å². The van der Waals surface area contributed by atoms with E-state index in [1.54, 1.807) is 6.92 Å². The van der Waals surface area contributed by atoms with Gasteiger partial charge in [0.2, 0.25) is 0 Å². The van der Waals surface area contributed by atoms with Gasteiger partial charge < -0.3 is 0 Å². The maximum Gasteiger partial charge on any atom is 0.417 e. The van der Waals surface area contributed by atoms with Crippen molar-refractivity contribution in [1.82, 2.24) is 14.8 Å². The SMILES string of the molecule is Cc1nn(-c2ccc(C(F)(F)F)cn2)c(Cl)c1C#N. The quantitative estimate of drug-likeness (QED) is 0.809. The Kier molecular flexibility index (Phi) is 3.20. The van der Waals surface area contributed by atoms with E-state index in [0.717, 1.165) is 16.8 Å². The summed E-state index contributed by atoms with van der Waals surface area (Å²) in [6, 6.07) is 3.88. The first kappa shape index (κ1) is 13.4. The lowest BCUT2D eigenvalue weighted by Gasteiger charge is -2.07. The molecule has 0 fully saturated rings. The van der Waals surface area contributed by atoms with Crippen LogP contribution in [0.5, 0.6) is 0 Å². The van der Waals surface area contributed by atoms with Crippen molar-refractivity contribution in [2.45, 2.75) is 13.1 Å². The maximum absolute atomic E-state index is 12.4. The van der Waals surface area contributed by atoms with Crippen molar-refractivity contribution in [1.29, 1.82) is 5.26 Å². The molecule has 2 heterocycles. The molecule has 0 spiro atoms. The molecule has 2 aromatic heterocycles. The van der Waals surface area contributed by atoms with Crippen LogP contribution in [-0.2, 0) is 6.18 Å². The molecule has 98 valence electrons. The van der Waals surface area contributed by atoms with Gasteiger partial charge in [0, 0.05) is 6.20 Å². The van der Waals surface area contributed by atoms with E-state index in [1.165, 1.54) is 0 Å². The molecule has 4 nitrogen and oxygen atoms in total. The van der Waals surface area contributed by atoms with Gasteiger partial charge in [0.1, 0.15) is 11.6 Å². The molecular formula is C11H6ClF3N4. The summed E-state index contributed by atoms with van der Waals surface area (Å²) >= 11 is 5.91. The summed E-state index contributed by atoms with van der Waals surface area (Å²) in [5, 5.41) is 12.8. The standard InChI is InChI=1S/C11H6ClF3N4/c1-6-8(4-16)10(12)19(18-6)9-3-2-7(5-17-9)11(13,14)15/h2-3,5H,1H3. The smallest absolute Gasteiger partial charge is 0.236 e. The number of hydrogen-bond acceptors (Lipinski definition) is 3. The van der Waals surface area contributed by atoms with Gasteiger partial charge in [0.25, 0.3) is 0 Å². The highest BCUT2D eigenvalue weighted by molar-refractivity contribution is 6.31. The Morgan fingerprint density at radius 1 is 1.37 bits per heavy atom. The fourth-order valence-electron chi connectivity index (χ4n) is 1.46. The first-order valence-corrected chi connectivity index (χ1v) is 5.41. The first-order valence-electron chi connectivity index (χ1n) is 5.03. The molecule has 0 amide bonds. The van der Waals surface area contributed by atoms with Gasteiger partial charge >= 0.3 is 6.18 Å². The highest BCUT2D eigenvalue weighted by Gasteiger charge is 2.30. The first-order chi connectivity index (χ1) is 8.84. The number of aryl methyl sites for hydroxylation is 1. The van der Waals surface area contributed by atoms with Crippen LogP contribution < -0.4 is 0 Å². The number of pyridine rings is 1. The largest absolute Gasteiger partial charge is 0.417 e. The van der Waals surface area contributed by atoms with Crippen LogP contribution in [-0.4, -0.2) is 14.8 Å². The van der Waals surface area contributed by atoms with Crippen molar-refractivity contribution < 1.29 is 13.2 Å². The van der Waals surface area contributed by atoms with Crippen LogP contribution >= 0.6 is 11.6 Å². The van der Waals surface area contributed by atoms with Crippen LogP contribution in [0.1, 0.15) is 16.8 Å². The van der Waals surface area contributed by atoms with E-state index in [9.17, 15) is 13.2 Å². The van der Waals surface area contributed by atoms with E-state index in [4.69, 9.17) is 16.9 Å². The summed E-state index contributed by atoms with van der Waals surface area (Å²) in [6.07, 6.45) is -3.76. The second-order valence-corrected chi connectivity index (χ2v) is 4.04. The molecule has 0 saturated heterocycles. The highest BCUT2D eigenvalue weighted by atomic mass is 35.5. The van der Waals surface area contributed by atoms with Crippen LogP contribution in [0.15, 0.2) is 18.3 Å². The van der Waals surface area contributed by atoms with E-state index >= 15 is 0 Å². The fraction of sp³-hybridized carbons (Fsp3) is 0.182. The zero-order chi connectivity index (χ0) is 14.2. The van der Waals surface area contributed by atoms with Crippen molar-refractivity contribution in [2.75, 3.05) is 0 Å². The summed E-state index contributed by atoms with van der Waals surface area (Å²) in [4.78, 5) is 3.65. The molecule has 0 saturated carbocycles. The Morgan fingerprint density at radius 3 is 2.47 bits per heavy atom. The van der Waals surface area contributed by atoms with Gasteiger partial charge in [0.05, 0.1) is 11.3 Å². The lowest BCUT2D eigenvalue weighted by atomic mass is 10.3. The number of alkyl halides is 3. The molecule has 0 aliphatic carbocycles. The van der Waals surface area contributed by atoms with E-state index in [1.807, 2.05) is 6.07 Å². The van der Waals surface area contributed by atoms with Gasteiger partial charge in [-0.3, -0.25) is 0 Å². The molecule has 0 radical (unpaired) electrons. The van der Waals surface area contributed by atoms with Crippen molar-refractivity contribution in [2.24, 2.45) is 0 Å². The predicted octanol–water partition coefficient (Wildman–Crippen LogP) is 3.12. The van der Waals surface area contributed by atoms with Crippen LogP contribution in [0.4, 0.5) is 13.2 Å². The minimum atomic E-state index is -4.45. The summed E-state index contributed by atoms with van der Waals surface area (Å²) in [5.41, 5.74) is -0.311. The van der Waals surface area contributed by atoms with E-state index in [2.05, 4.69) is 10.1 Å². The number of hydrogen-bond donors (Lipinski definition) is 0. The third-order valence-corrected chi connectivity index (χ3v) is 2.76. The Labute approximate surface area is 111 Å². The Balaban J connectivity index is 2.47. The molecule has 2 aromatic rings. The molecule has 0 aliphatic rings. The number of aromatic nitrogens is 3. The van der Waals surface area contributed by atoms with Gasteiger partial charge in [-0.15, -0.1) is 0 Å². The van der Waals surface area contributed by atoms with E-state index in [0.29, 0.717) is 11.9 Å². The highest BCUT2D eigenvalue weighted by Crippen LogP contribution is 2.29. The third kappa shape index (κ3) is 2.39. The number of rotatable bonds is 1. The number of halogens is 4. The van der Waals surface area contributed by atoms with Gasteiger partial charge in [-0.2, -0.15) is 23.5 Å². The van der Waals surface area contributed by atoms with Crippen molar-refractivity contribution in [3.63, 3.8) is 0 Å². The molecule has 19 heavy (non-hydrogen) atoms. The zero-order valence-corrected chi connectivity index (χ0v) is 10.3. The lowest BCUT2D eigenvalue weighted by Crippen LogP contribution is -2.07. The van der Waals surface area contributed by atoms with Gasteiger partial charge in [-0.05, 0) is 19.1 Å². The molecular weight excluding hydrogens is 281 g/mol. The topological polar surface area (TPSA) is 54.5 Å². The summed E-state index contributed by atoms with van der Waals surface area (Å²) in [6.45, 7) is 1.57. The second-order valence-electron chi connectivity index (χ2n) is 3.68. The maximum atomic E-state index is 12.4. The van der Waals surface area contributed by atoms with E-state index < -0.39 is 11.7 Å². The summed E-state index contributed by atoms with van der Waals surface area (Å²) < 4.78 is 38.3. The molecule has 2 rings (SSSR count). The van der Waals surface area contributed by atoms with Crippen molar-refractivity contribution >= 4 is 11.6 Å². The monoisotopic (exact) mass is 286 g/mol. The Morgan fingerprint density at radius 2 is 2.05 bits per heavy atom. The summed E-state index contributed by atoms with van der Waals surface area (Å²) in [7, 11) is 0. The van der Waals surface area contributed by atoms with E-state index in [-0.39, 0.29) is 16.5 Å². The molecule has 0 atom stereocenters. The zero-order valence-electron chi connectivity index (χ0n) is 9.53. The summed E-state index contributed by atoms with van der Waals surface area (Å²) in [5.74, 6) is 0.114.